The summed E-state index contributed by atoms with van der Waals surface area (Å²) in [7, 11) is 0. The third-order valence-electron chi connectivity index (χ3n) is 4.17. The van der Waals surface area contributed by atoms with E-state index in [1.807, 2.05) is 18.3 Å². The van der Waals surface area contributed by atoms with Crippen LogP contribution in [0.1, 0.15) is 44.4 Å². The van der Waals surface area contributed by atoms with E-state index >= 15 is 0 Å². The van der Waals surface area contributed by atoms with Gasteiger partial charge in [-0.05, 0) is 37.8 Å². The first-order chi connectivity index (χ1) is 11.7. The molecule has 1 atom stereocenters. The van der Waals surface area contributed by atoms with Gasteiger partial charge in [0.2, 0.25) is 0 Å². The van der Waals surface area contributed by atoms with E-state index in [2.05, 4.69) is 69.4 Å². The Morgan fingerprint density at radius 2 is 1.75 bits per heavy atom. The Morgan fingerprint density at radius 1 is 1.00 bits per heavy atom. The van der Waals surface area contributed by atoms with Gasteiger partial charge in [-0.25, -0.2) is 0 Å². The van der Waals surface area contributed by atoms with Crippen molar-refractivity contribution >= 4 is 21.9 Å². The van der Waals surface area contributed by atoms with Gasteiger partial charge in [-0.2, -0.15) is 0 Å². The number of para-hydroxylation sites is 1. The highest BCUT2D eigenvalue weighted by atomic mass is 16.3. The molecule has 3 aromatic rings. The maximum absolute atomic E-state index is 6.16. The molecule has 2 nitrogen and oxygen atoms in total. The van der Waals surface area contributed by atoms with Crippen LogP contribution in [0.4, 0.5) is 0 Å². The van der Waals surface area contributed by atoms with E-state index < -0.39 is 0 Å². The fourth-order valence-electron chi connectivity index (χ4n) is 3.11. The monoisotopic (exact) mass is 319 g/mol. The molecule has 0 bridgehead atoms. The Hall–Kier alpha value is -2.48. The first-order valence-electron chi connectivity index (χ1n) is 8.67. The van der Waals surface area contributed by atoms with Crippen LogP contribution in [0, 0.1) is 6.92 Å². The summed E-state index contributed by atoms with van der Waals surface area (Å²) in [6.07, 6.45) is 7.60. The normalized spacial score (nSPS) is 16.5. The van der Waals surface area contributed by atoms with Crippen LogP contribution in [-0.4, -0.2) is 0 Å². The first kappa shape index (κ1) is 16.4. The molecule has 0 radical (unpaired) electrons. The van der Waals surface area contributed by atoms with Crippen LogP contribution in [0.5, 0.6) is 0 Å². The molecule has 24 heavy (non-hydrogen) atoms. The van der Waals surface area contributed by atoms with Crippen LogP contribution < -0.4 is 5.32 Å². The topological polar surface area (TPSA) is 25.2 Å². The van der Waals surface area contributed by atoms with Crippen molar-refractivity contribution in [2.45, 2.75) is 40.2 Å². The molecule has 0 amide bonds. The number of furan rings is 1. The standard InChI is InChI=1S/C19H17NO.C3H8/c1-12-9-10-20-16(11-12)18-13(2)7-8-15-14-5-3-4-6-17(14)21-19(15)18;1-3-2/h3-11,16,20H,1-2H3;3H2,1-2H3. The third-order valence-corrected chi connectivity index (χ3v) is 4.17. The van der Waals surface area contributed by atoms with Gasteiger partial charge in [0.1, 0.15) is 11.2 Å². The second-order valence-electron chi connectivity index (χ2n) is 6.37. The maximum Gasteiger partial charge on any atom is 0.141 e. The van der Waals surface area contributed by atoms with E-state index in [9.17, 15) is 0 Å². The zero-order valence-corrected chi connectivity index (χ0v) is 14.9. The second kappa shape index (κ2) is 6.96. The van der Waals surface area contributed by atoms with E-state index in [1.165, 1.54) is 33.9 Å². The molecule has 0 saturated heterocycles. The fourth-order valence-corrected chi connectivity index (χ4v) is 3.11. The number of aryl methyl sites for hydroxylation is 1. The molecule has 2 aromatic carbocycles. The molecule has 1 aliphatic heterocycles. The van der Waals surface area contributed by atoms with Gasteiger partial charge in [0.15, 0.2) is 0 Å². The lowest BCUT2D eigenvalue weighted by atomic mass is 9.95. The van der Waals surface area contributed by atoms with Crippen molar-refractivity contribution in [1.82, 2.24) is 5.32 Å². The molecule has 1 aliphatic rings. The minimum atomic E-state index is 0.166. The minimum absolute atomic E-state index is 0.166. The maximum atomic E-state index is 6.16. The van der Waals surface area contributed by atoms with Gasteiger partial charge in [0, 0.05) is 16.3 Å². The van der Waals surface area contributed by atoms with Crippen LogP contribution in [0.25, 0.3) is 21.9 Å². The highest BCUT2D eigenvalue weighted by molar-refractivity contribution is 6.06. The number of hydrogen-bond acceptors (Lipinski definition) is 2. The Bertz CT molecular complexity index is 914. The molecule has 1 aromatic heterocycles. The van der Waals surface area contributed by atoms with E-state index in [0.29, 0.717) is 0 Å². The van der Waals surface area contributed by atoms with Crippen molar-refractivity contribution in [2.24, 2.45) is 0 Å². The molecular weight excluding hydrogens is 294 g/mol. The minimum Gasteiger partial charge on any atom is -0.456 e. The van der Waals surface area contributed by atoms with Gasteiger partial charge in [-0.1, -0.05) is 62.2 Å². The van der Waals surface area contributed by atoms with Gasteiger partial charge in [0.25, 0.3) is 0 Å². The molecule has 0 saturated carbocycles. The lowest BCUT2D eigenvalue weighted by Gasteiger charge is -2.20. The van der Waals surface area contributed by atoms with E-state index in [-0.39, 0.29) is 6.04 Å². The Balaban J connectivity index is 0.000000526. The average molecular weight is 319 g/mol. The van der Waals surface area contributed by atoms with Gasteiger partial charge < -0.3 is 9.73 Å². The van der Waals surface area contributed by atoms with Crippen LogP contribution in [-0.2, 0) is 0 Å². The predicted octanol–water partition coefficient (Wildman–Crippen LogP) is 6.42. The van der Waals surface area contributed by atoms with Crippen LogP contribution in [0.3, 0.4) is 0 Å². The van der Waals surface area contributed by atoms with Crippen molar-refractivity contribution in [1.29, 1.82) is 0 Å². The molecule has 0 spiro atoms. The summed E-state index contributed by atoms with van der Waals surface area (Å²) in [5.41, 5.74) is 5.69. The number of hydrogen-bond donors (Lipinski definition) is 1. The quantitative estimate of drug-likeness (QED) is 0.560. The highest BCUT2D eigenvalue weighted by Gasteiger charge is 2.19. The molecule has 0 aliphatic carbocycles. The largest absolute Gasteiger partial charge is 0.456 e. The van der Waals surface area contributed by atoms with Gasteiger partial charge >= 0.3 is 0 Å². The molecular formula is C22H25NO. The Morgan fingerprint density at radius 3 is 2.50 bits per heavy atom. The Kier molecular flexibility index (Phi) is 4.75. The number of nitrogens with one attached hydrogen (secondary N) is 1. The van der Waals surface area contributed by atoms with Gasteiger partial charge in [0.05, 0.1) is 6.04 Å². The summed E-state index contributed by atoms with van der Waals surface area (Å²) in [5, 5.41) is 5.80. The lowest BCUT2D eigenvalue weighted by Crippen LogP contribution is -2.17. The SMILES string of the molecule is CC1=CC(c2c(C)ccc3c2oc2ccccc23)NC=C1.CCC. The number of rotatable bonds is 1. The smallest absolute Gasteiger partial charge is 0.141 e. The lowest BCUT2D eigenvalue weighted by molar-refractivity contribution is 0.646. The molecule has 2 heteroatoms. The number of benzene rings is 2. The number of fused-ring (bicyclic) bond motifs is 3. The molecule has 4 rings (SSSR count). The molecule has 1 unspecified atom stereocenters. The summed E-state index contributed by atoms with van der Waals surface area (Å²) in [4.78, 5) is 0. The number of dihydropyridines is 1. The summed E-state index contributed by atoms with van der Waals surface area (Å²) in [5.74, 6) is 0. The predicted molar refractivity (Wildman–Crippen MR) is 103 cm³/mol. The third kappa shape index (κ3) is 2.96. The van der Waals surface area contributed by atoms with Crippen molar-refractivity contribution in [2.75, 3.05) is 0 Å². The van der Waals surface area contributed by atoms with E-state index in [0.717, 1.165) is 11.2 Å². The molecule has 124 valence electrons. The van der Waals surface area contributed by atoms with Gasteiger partial charge in [-0.15, -0.1) is 0 Å². The van der Waals surface area contributed by atoms with Crippen molar-refractivity contribution in [3.8, 4) is 0 Å². The van der Waals surface area contributed by atoms with E-state index in [1.54, 1.807) is 0 Å². The average Bonchev–Trinajstić information content (AvgIpc) is 2.93. The zero-order valence-electron chi connectivity index (χ0n) is 14.9. The van der Waals surface area contributed by atoms with Crippen molar-refractivity contribution in [3.63, 3.8) is 0 Å². The number of allylic oxidation sites excluding steroid dienone is 2. The Labute approximate surface area is 143 Å². The highest BCUT2D eigenvalue weighted by Crippen LogP contribution is 2.36. The summed E-state index contributed by atoms with van der Waals surface area (Å²) in [6.45, 7) is 8.52. The summed E-state index contributed by atoms with van der Waals surface area (Å²) < 4.78 is 6.16. The van der Waals surface area contributed by atoms with Crippen LogP contribution >= 0.6 is 0 Å². The fraction of sp³-hybridized carbons (Fsp3) is 0.273. The molecule has 2 heterocycles. The molecule has 0 fully saturated rings. The van der Waals surface area contributed by atoms with Crippen LogP contribution in [0.2, 0.25) is 0 Å². The first-order valence-corrected chi connectivity index (χ1v) is 8.67. The van der Waals surface area contributed by atoms with Crippen molar-refractivity contribution < 1.29 is 4.42 Å². The van der Waals surface area contributed by atoms with Crippen LogP contribution in [0.15, 0.2) is 64.7 Å². The summed E-state index contributed by atoms with van der Waals surface area (Å²) in [6, 6.07) is 12.7. The second-order valence-corrected chi connectivity index (χ2v) is 6.37. The van der Waals surface area contributed by atoms with Gasteiger partial charge in [-0.3, -0.25) is 0 Å². The summed E-state index contributed by atoms with van der Waals surface area (Å²) >= 11 is 0. The molecule has 1 N–H and O–H groups in total. The van der Waals surface area contributed by atoms with Crippen molar-refractivity contribution in [3.05, 3.63) is 71.5 Å². The zero-order chi connectivity index (χ0) is 17.1. The van der Waals surface area contributed by atoms with E-state index in [4.69, 9.17) is 4.42 Å².